The van der Waals surface area contributed by atoms with Crippen LogP contribution in [0.4, 0.5) is 13.2 Å². The maximum atomic E-state index is 12.4. The number of hydrogen-bond acceptors (Lipinski definition) is 3. The smallest absolute Gasteiger partial charge is 0.354 e. The topological polar surface area (TPSA) is 68.9 Å². The van der Waals surface area contributed by atoms with Crippen molar-refractivity contribution in [1.82, 2.24) is 19.7 Å². The van der Waals surface area contributed by atoms with Gasteiger partial charge >= 0.3 is 11.9 Å². The molecule has 1 heterocycles. The van der Waals surface area contributed by atoms with Gasteiger partial charge in [-0.15, -0.1) is 5.10 Å². The molecular formula is C8H11F3N4O2. The molecular weight excluding hydrogens is 241 g/mol. The first-order valence-corrected chi connectivity index (χ1v) is 4.69. The number of carbonyl (C=O) groups is 1. The molecule has 0 spiro atoms. The number of rotatable bonds is 3. The second kappa shape index (κ2) is 4.60. The number of halogens is 3. The minimum Gasteiger partial charge on any atom is -0.354 e. The Morgan fingerprint density at radius 1 is 1.47 bits per heavy atom. The van der Waals surface area contributed by atoms with Crippen molar-refractivity contribution in [1.29, 1.82) is 0 Å². The molecule has 0 aromatic carbocycles. The van der Waals surface area contributed by atoms with E-state index < -0.39 is 17.7 Å². The first-order valence-electron chi connectivity index (χ1n) is 4.69. The molecule has 0 aliphatic carbocycles. The summed E-state index contributed by atoms with van der Waals surface area (Å²) in [6.07, 6.45) is -4.67. The fourth-order valence-electron chi connectivity index (χ4n) is 1.22. The Hall–Kier alpha value is -1.80. The molecule has 0 bridgehead atoms. The van der Waals surface area contributed by atoms with Crippen LogP contribution in [-0.2, 0) is 24.6 Å². The molecule has 0 saturated heterocycles. The quantitative estimate of drug-likeness (QED) is 0.805. The number of hydrogen-bond donors (Lipinski definition) is 1. The standard InChI is InChI=1S/C8H11F3N4O2/c1-5(16)12-3-4-15-7(17)14(2)6(13-15)8(9,10)11/h3-4H2,1-2H3,(H,12,16). The summed E-state index contributed by atoms with van der Waals surface area (Å²) in [5, 5.41) is 5.53. The van der Waals surface area contributed by atoms with E-state index in [1.807, 2.05) is 0 Å². The van der Waals surface area contributed by atoms with Crippen LogP contribution in [0.5, 0.6) is 0 Å². The van der Waals surface area contributed by atoms with Gasteiger partial charge in [0, 0.05) is 20.5 Å². The van der Waals surface area contributed by atoms with Crippen LogP contribution in [0.25, 0.3) is 0 Å². The van der Waals surface area contributed by atoms with E-state index in [4.69, 9.17) is 0 Å². The van der Waals surface area contributed by atoms with Crippen molar-refractivity contribution in [2.45, 2.75) is 19.6 Å². The molecule has 6 nitrogen and oxygen atoms in total. The van der Waals surface area contributed by atoms with Gasteiger partial charge in [0.2, 0.25) is 11.7 Å². The molecule has 0 aliphatic heterocycles. The highest BCUT2D eigenvalue weighted by atomic mass is 19.4. The van der Waals surface area contributed by atoms with Gasteiger partial charge in [-0.2, -0.15) is 13.2 Å². The Balaban J connectivity index is 2.89. The van der Waals surface area contributed by atoms with E-state index in [0.717, 1.165) is 7.05 Å². The molecule has 96 valence electrons. The third-order valence-electron chi connectivity index (χ3n) is 1.99. The van der Waals surface area contributed by atoms with Crippen LogP contribution in [0.2, 0.25) is 0 Å². The van der Waals surface area contributed by atoms with E-state index >= 15 is 0 Å². The summed E-state index contributed by atoms with van der Waals surface area (Å²) in [6, 6.07) is 0. The van der Waals surface area contributed by atoms with Crippen LogP contribution in [0, 0.1) is 0 Å². The average molecular weight is 252 g/mol. The van der Waals surface area contributed by atoms with Crippen LogP contribution in [0.15, 0.2) is 4.79 Å². The summed E-state index contributed by atoms with van der Waals surface area (Å²) in [5.74, 6) is -1.59. The van der Waals surface area contributed by atoms with Gasteiger partial charge in [-0.25, -0.2) is 9.48 Å². The predicted octanol–water partition coefficient (Wildman–Crippen LogP) is -0.263. The van der Waals surface area contributed by atoms with Crippen molar-refractivity contribution < 1.29 is 18.0 Å². The highest BCUT2D eigenvalue weighted by molar-refractivity contribution is 5.72. The molecule has 0 radical (unpaired) electrons. The Kier molecular flexibility index (Phi) is 3.59. The Bertz CT molecular complexity index is 474. The maximum absolute atomic E-state index is 12.4. The van der Waals surface area contributed by atoms with Crippen molar-refractivity contribution >= 4 is 5.91 Å². The van der Waals surface area contributed by atoms with Crippen molar-refractivity contribution in [3.8, 4) is 0 Å². The highest BCUT2D eigenvalue weighted by Crippen LogP contribution is 2.25. The van der Waals surface area contributed by atoms with Crippen molar-refractivity contribution in [3.05, 3.63) is 16.3 Å². The summed E-state index contributed by atoms with van der Waals surface area (Å²) >= 11 is 0. The fraction of sp³-hybridized carbons (Fsp3) is 0.625. The van der Waals surface area contributed by atoms with Crippen LogP contribution < -0.4 is 11.0 Å². The minimum absolute atomic E-state index is 0.0452. The van der Waals surface area contributed by atoms with Crippen LogP contribution in [-0.4, -0.2) is 26.8 Å². The normalized spacial score (nSPS) is 11.6. The summed E-state index contributed by atoms with van der Waals surface area (Å²) in [6.45, 7) is 1.20. The number of nitrogens with zero attached hydrogens (tertiary/aromatic N) is 3. The van der Waals surface area contributed by atoms with Gasteiger partial charge in [0.1, 0.15) is 0 Å². The number of alkyl halides is 3. The molecule has 0 fully saturated rings. The number of carbonyl (C=O) groups excluding carboxylic acids is 1. The molecule has 1 aromatic rings. The number of nitrogens with one attached hydrogen (secondary N) is 1. The SMILES string of the molecule is CC(=O)NCCn1nc(C(F)(F)F)n(C)c1=O. The molecule has 0 aliphatic rings. The van der Waals surface area contributed by atoms with Crippen LogP contribution >= 0.6 is 0 Å². The lowest BCUT2D eigenvalue weighted by Gasteiger charge is -2.02. The summed E-state index contributed by atoms with van der Waals surface area (Å²) in [5.41, 5.74) is -0.873. The van der Waals surface area contributed by atoms with Crippen molar-refractivity contribution in [3.63, 3.8) is 0 Å². The zero-order chi connectivity index (χ0) is 13.2. The van der Waals surface area contributed by atoms with E-state index in [2.05, 4.69) is 10.4 Å². The lowest BCUT2D eigenvalue weighted by atomic mass is 10.6. The van der Waals surface area contributed by atoms with Crippen LogP contribution in [0.3, 0.4) is 0 Å². The monoisotopic (exact) mass is 252 g/mol. The van der Waals surface area contributed by atoms with Crippen molar-refractivity contribution in [2.24, 2.45) is 7.05 Å². The van der Waals surface area contributed by atoms with Gasteiger partial charge in [-0.1, -0.05) is 0 Å². The van der Waals surface area contributed by atoms with E-state index in [1.54, 1.807) is 0 Å². The Morgan fingerprint density at radius 3 is 2.47 bits per heavy atom. The summed E-state index contributed by atoms with van der Waals surface area (Å²) < 4.78 is 38.3. The van der Waals surface area contributed by atoms with Gasteiger partial charge < -0.3 is 5.32 Å². The number of amides is 1. The van der Waals surface area contributed by atoms with E-state index in [1.165, 1.54) is 6.92 Å². The molecule has 0 atom stereocenters. The first kappa shape index (κ1) is 13.3. The largest absolute Gasteiger partial charge is 0.451 e. The van der Waals surface area contributed by atoms with E-state index in [0.29, 0.717) is 9.25 Å². The Labute approximate surface area is 94.0 Å². The van der Waals surface area contributed by atoms with Gasteiger partial charge in [0.25, 0.3) is 0 Å². The Morgan fingerprint density at radius 2 is 2.06 bits per heavy atom. The maximum Gasteiger partial charge on any atom is 0.451 e. The zero-order valence-electron chi connectivity index (χ0n) is 9.21. The third-order valence-corrected chi connectivity index (χ3v) is 1.99. The molecule has 1 aromatic heterocycles. The average Bonchev–Trinajstić information content (AvgIpc) is 2.44. The van der Waals surface area contributed by atoms with Crippen molar-refractivity contribution in [2.75, 3.05) is 6.54 Å². The van der Waals surface area contributed by atoms with Gasteiger partial charge in [-0.05, 0) is 0 Å². The zero-order valence-corrected chi connectivity index (χ0v) is 9.21. The molecule has 0 saturated carbocycles. The number of aromatic nitrogens is 3. The lowest BCUT2D eigenvalue weighted by Crippen LogP contribution is -2.30. The molecule has 0 unspecified atom stereocenters. The van der Waals surface area contributed by atoms with E-state index in [-0.39, 0.29) is 19.0 Å². The van der Waals surface area contributed by atoms with Gasteiger partial charge in [0.15, 0.2) is 0 Å². The third kappa shape index (κ3) is 3.08. The first-order chi connectivity index (χ1) is 7.73. The molecule has 9 heteroatoms. The molecule has 1 amide bonds. The molecule has 1 N–H and O–H groups in total. The lowest BCUT2D eigenvalue weighted by molar-refractivity contribution is -0.147. The second-order valence-electron chi connectivity index (χ2n) is 3.37. The molecule has 17 heavy (non-hydrogen) atoms. The summed E-state index contributed by atoms with van der Waals surface area (Å²) in [7, 11) is 0.993. The molecule has 1 rings (SSSR count). The predicted molar refractivity (Wildman–Crippen MR) is 51.2 cm³/mol. The van der Waals surface area contributed by atoms with Gasteiger partial charge in [-0.3, -0.25) is 9.36 Å². The highest BCUT2D eigenvalue weighted by Gasteiger charge is 2.37. The van der Waals surface area contributed by atoms with Crippen LogP contribution in [0.1, 0.15) is 12.7 Å². The fourth-order valence-corrected chi connectivity index (χ4v) is 1.22. The van der Waals surface area contributed by atoms with Gasteiger partial charge in [0.05, 0.1) is 6.54 Å². The summed E-state index contributed by atoms with van der Waals surface area (Å²) in [4.78, 5) is 21.9. The van der Waals surface area contributed by atoms with E-state index in [9.17, 15) is 22.8 Å². The second-order valence-corrected chi connectivity index (χ2v) is 3.37. The minimum atomic E-state index is -4.67.